The molecular formula is C12H22N4O2S2. The van der Waals surface area contributed by atoms with Gasteiger partial charge in [0.1, 0.15) is 10.7 Å². The average Bonchev–Trinajstić information content (AvgIpc) is 2.77. The number of hydrogen-bond donors (Lipinski definition) is 3. The lowest BCUT2D eigenvalue weighted by Crippen LogP contribution is -2.27. The summed E-state index contributed by atoms with van der Waals surface area (Å²) in [6, 6.07) is 0. The van der Waals surface area contributed by atoms with Crippen LogP contribution in [0.3, 0.4) is 0 Å². The van der Waals surface area contributed by atoms with E-state index in [9.17, 15) is 9.00 Å². The van der Waals surface area contributed by atoms with E-state index in [1.54, 1.807) is 6.26 Å². The first-order valence-electron chi connectivity index (χ1n) is 6.56. The monoisotopic (exact) mass is 318 g/mol. The number of amides is 1. The second-order valence-electron chi connectivity index (χ2n) is 4.51. The zero-order valence-corrected chi connectivity index (χ0v) is 13.7. The van der Waals surface area contributed by atoms with Crippen LogP contribution in [0.15, 0.2) is 0 Å². The Kier molecular flexibility index (Phi) is 6.94. The van der Waals surface area contributed by atoms with Crippen molar-refractivity contribution in [2.45, 2.75) is 31.9 Å². The Labute approximate surface area is 126 Å². The van der Waals surface area contributed by atoms with Crippen LogP contribution in [0, 0.1) is 0 Å². The van der Waals surface area contributed by atoms with E-state index < -0.39 is 10.8 Å². The van der Waals surface area contributed by atoms with Crippen LogP contribution in [-0.4, -0.2) is 39.7 Å². The third-order valence-electron chi connectivity index (χ3n) is 2.79. The molecule has 0 bridgehead atoms. The molecule has 0 spiro atoms. The Morgan fingerprint density at radius 2 is 2.20 bits per heavy atom. The normalized spacial score (nSPS) is 13.8. The van der Waals surface area contributed by atoms with Crippen LogP contribution in [0.1, 0.15) is 36.4 Å². The molecule has 8 heteroatoms. The fourth-order valence-corrected chi connectivity index (χ4v) is 2.71. The maximum absolute atomic E-state index is 12.0. The number of carbonyl (C=O) groups is 1. The summed E-state index contributed by atoms with van der Waals surface area (Å²) in [5, 5.41) is 6.62. The number of thiazole rings is 1. The fraction of sp³-hybridized carbons (Fsp3) is 0.667. The summed E-state index contributed by atoms with van der Waals surface area (Å²) < 4.78 is 11.2. The second-order valence-corrected chi connectivity index (χ2v) is 7.31. The summed E-state index contributed by atoms with van der Waals surface area (Å²) in [6.07, 6.45) is 3.32. The topological polar surface area (TPSA) is 97.1 Å². The minimum atomic E-state index is -0.869. The first kappa shape index (κ1) is 16.9. The Balaban J connectivity index is 2.50. The van der Waals surface area contributed by atoms with Crippen molar-refractivity contribution in [2.75, 3.05) is 30.4 Å². The molecule has 0 aliphatic rings. The molecule has 1 rings (SSSR count). The molecule has 2 unspecified atom stereocenters. The van der Waals surface area contributed by atoms with Crippen molar-refractivity contribution >= 4 is 39.0 Å². The Hall–Kier alpha value is -1.15. The van der Waals surface area contributed by atoms with E-state index in [4.69, 9.17) is 5.73 Å². The number of nitrogens with zero attached hydrogens (tertiary/aromatic N) is 1. The molecule has 20 heavy (non-hydrogen) atoms. The molecule has 1 aromatic rings. The molecule has 0 aliphatic carbocycles. The summed E-state index contributed by atoms with van der Waals surface area (Å²) in [7, 11) is -0.869. The van der Waals surface area contributed by atoms with Gasteiger partial charge in [-0.3, -0.25) is 9.00 Å². The minimum absolute atomic E-state index is 0.0656. The summed E-state index contributed by atoms with van der Waals surface area (Å²) >= 11 is 1.25. The lowest BCUT2D eigenvalue weighted by Gasteiger charge is -2.08. The highest BCUT2D eigenvalue weighted by Gasteiger charge is 2.16. The number of nitrogens with one attached hydrogen (secondary N) is 2. The molecular weight excluding hydrogens is 296 g/mol. The highest BCUT2D eigenvalue weighted by Crippen LogP contribution is 2.24. The summed E-state index contributed by atoms with van der Waals surface area (Å²) in [5.74, 6) is 0.0249. The second kappa shape index (κ2) is 8.21. The van der Waals surface area contributed by atoms with E-state index in [2.05, 4.69) is 22.5 Å². The van der Waals surface area contributed by atoms with Crippen LogP contribution in [-0.2, 0) is 10.8 Å². The van der Waals surface area contributed by atoms with Gasteiger partial charge in [-0.2, -0.15) is 0 Å². The molecule has 0 saturated heterocycles. The minimum Gasteiger partial charge on any atom is -0.382 e. The lowest BCUT2D eigenvalue weighted by atomic mass is 10.3. The molecule has 0 aliphatic heterocycles. The van der Waals surface area contributed by atoms with Crippen molar-refractivity contribution in [3.8, 4) is 0 Å². The average molecular weight is 318 g/mol. The molecule has 114 valence electrons. The van der Waals surface area contributed by atoms with E-state index in [1.807, 2.05) is 6.92 Å². The highest BCUT2D eigenvalue weighted by atomic mass is 32.2. The van der Waals surface area contributed by atoms with E-state index in [-0.39, 0.29) is 17.0 Å². The summed E-state index contributed by atoms with van der Waals surface area (Å²) in [6.45, 7) is 5.23. The Morgan fingerprint density at radius 1 is 1.50 bits per heavy atom. The number of anilines is 2. The van der Waals surface area contributed by atoms with Gasteiger partial charge < -0.3 is 16.4 Å². The van der Waals surface area contributed by atoms with Crippen molar-refractivity contribution in [1.29, 1.82) is 0 Å². The largest absolute Gasteiger partial charge is 0.382 e. The number of nitrogen functional groups attached to an aromatic ring is 1. The van der Waals surface area contributed by atoms with E-state index in [1.165, 1.54) is 11.3 Å². The first-order valence-corrected chi connectivity index (χ1v) is 9.00. The molecule has 0 fully saturated rings. The first-order chi connectivity index (χ1) is 9.45. The molecule has 1 amide bonds. The number of aromatic nitrogens is 1. The predicted molar refractivity (Wildman–Crippen MR) is 85.8 cm³/mol. The van der Waals surface area contributed by atoms with Crippen LogP contribution in [0.2, 0.25) is 0 Å². The van der Waals surface area contributed by atoms with E-state index in [0.717, 1.165) is 13.0 Å². The van der Waals surface area contributed by atoms with Crippen LogP contribution >= 0.6 is 11.3 Å². The van der Waals surface area contributed by atoms with Crippen molar-refractivity contribution in [1.82, 2.24) is 10.3 Å². The zero-order valence-electron chi connectivity index (χ0n) is 12.1. The molecule has 6 nitrogen and oxygen atoms in total. The third-order valence-corrected chi connectivity index (χ3v) is 5.19. The van der Waals surface area contributed by atoms with Crippen LogP contribution in [0.5, 0.6) is 0 Å². The lowest BCUT2D eigenvalue weighted by molar-refractivity contribution is 0.0958. The molecule has 0 aromatic carbocycles. The van der Waals surface area contributed by atoms with Crippen LogP contribution < -0.4 is 16.4 Å². The van der Waals surface area contributed by atoms with Crippen molar-refractivity contribution < 1.29 is 9.00 Å². The van der Waals surface area contributed by atoms with Crippen LogP contribution in [0.4, 0.5) is 10.9 Å². The van der Waals surface area contributed by atoms with E-state index >= 15 is 0 Å². The van der Waals surface area contributed by atoms with Crippen molar-refractivity contribution in [3.63, 3.8) is 0 Å². The number of carbonyl (C=O) groups excluding carboxylic acids is 1. The molecule has 0 saturated carbocycles. The van der Waals surface area contributed by atoms with Gasteiger partial charge in [0.25, 0.3) is 5.91 Å². The van der Waals surface area contributed by atoms with Gasteiger partial charge >= 0.3 is 0 Å². The fourth-order valence-electron chi connectivity index (χ4n) is 1.44. The maximum atomic E-state index is 12.0. The predicted octanol–water partition coefficient (Wildman–Crippen LogP) is 1.43. The van der Waals surface area contributed by atoms with Gasteiger partial charge in [-0.1, -0.05) is 25.2 Å². The highest BCUT2D eigenvalue weighted by molar-refractivity contribution is 7.84. The smallest absolute Gasteiger partial charge is 0.265 e. The maximum Gasteiger partial charge on any atom is 0.265 e. The standard InChI is InChI=1S/C12H22N4O2S2/c1-4-6-15-12-16-10(13)9(19-12)11(17)14-7-5-8(2)20(3)18/h8H,4-7,13H2,1-3H3,(H,14,17)(H,15,16). The van der Waals surface area contributed by atoms with Crippen molar-refractivity contribution in [3.05, 3.63) is 4.88 Å². The quantitative estimate of drug-likeness (QED) is 0.674. The number of rotatable bonds is 8. The summed E-state index contributed by atoms with van der Waals surface area (Å²) in [5.41, 5.74) is 5.74. The van der Waals surface area contributed by atoms with Gasteiger partial charge in [-0.05, 0) is 12.8 Å². The van der Waals surface area contributed by atoms with Gasteiger partial charge in [-0.15, -0.1) is 0 Å². The summed E-state index contributed by atoms with van der Waals surface area (Å²) in [4.78, 5) is 16.5. The van der Waals surface area contributed by atoms with Crippen molar-refractivity contribution in [2.24, 2.45) is 0 Å². The molecule has 2 atom stereocenters. The third kappa shape index (κ3) is 5.09. The van der Waals surface area contributed by atoms with Crippen LogP contribution in [0.25, 0.3) is 0 Å². The number of nitrogens with two attached hydrogens (primary N) is 1. The van der Waals surface area contributed by atoms with E-state index in [0.29, 0.717) is 23.0 Å². The Morgan fingerprint density at radius 3 is 2.80 bits per heavy atom. The Bertz CT molecular complexity index is 476. The van der Waals surface area contributed by atoms with Gasteiger partial charge in [0, 0.05) is 35.4 Å². The zero-order chi connectivity index (χ0) is 15.1. The molecule has 4 N–H and O–H groups in total. The van der Waals surface area contributed by atoms with Gasteiger partial charge in [0.2, 0.25) is 0 Å². The van der Waals surface area contributed by atoms with Gasteiger partial charge in [-0.25, -0.2) is 4.98 Å². The van der Waals surface area contributed by atoms with Gasteiger partial charge in [0.15, 0.2) is 5.13 Å². The number of hydrogen-bond acceptors (Lipinski definition) is 6. The molecule has 1 aromatic heterocycles. The van der Waals surface area contributed by atoms with Gasteiger partial charge in [0.05, 0.1) is 0 Å². The SMILES string of the molecule is CCCNc1nc(N)c(C(=O)NCCC(C)S(C)=O)s1. The molecule has 1 heterocycles. The molecule has 0 radical (unpaired) electrons.